The third kappa shape index (κ3) is 5.94. The van der Waals surface area contributed by atoms with Gasteiger partial charge in [-0.2, -0.15) is 0 Å². The van der Waals surface area contributed by atoms with Gasteiger partial charge in [-0.05, 0) is 55.7 Å². The van der Waals surface area contributed by atoms with E-state index >= 15 is 0 Å². The van der Waals surface area contributed by atoms with Crippen molar-refractivity contribution in [2.75, 3.05) is 46.4 Å². The van der Waals surface area contributed by atoms with Crippen LogP contribution in [0.4, 0.5) is 0 Å². The summed E-state index contributed by atoms with van der Waals surface area (Å²) in [5.74, 6) is 1.30. The molecule has 0 saturated carbocycles. The number of rotatable bonds is 6. The Bertz CT molecular complexity index is 775. The molecular formula is C21H25N3O3S. The lowest BCUT2D eigenvalue weighted by atomic mass is 10.2. The zero-order valence-electron chi connectivity index (χ0n) is 16.0. The van der Waals surface area contributed by atoms with Crippen LogP contribution in [0, 0.1) is 0 Å². The van der Waals surface area contributed by atoms with Gasteiger partial charge in [0.2, 0.25) is 0 Å². The summed E-state index contributed by atoms with van der Waals surface area (Å²) in [5, 5.41) is 3.29. The molecule has 0 aromatic heterocycles. The van der Waals surface area contributed by atoms with Crippen LogP contribution in [-0.4, -0.2) is 67.3 Å². The summed E-state index contributed by atoms with van der Waals surface area (Å²) < 4.78 is 11.2. The lowest BCUT2D eigenvalue weighted by molar-refractivity contribution is 0.0970. The predicted octanol–water partition coefficient (Wildman–Crippen LogP) is 2.41. The molecule has 0 aliphatic carbocycles. The molecule has 2 aromatic carbocycles. The number of likely N-dealkylation sites (N-methyl/N-ethyl adjacent to an activating group) is 1. The number of nitrogens with one attached hydrogen (secondary N) is 1. The topological polar surface area (TPSA) is 54.0 Å². The van der Waals surface area contributed by atoms with Gasteiger partial charge in [0.15, 0.2) is 5.11 Å². The minimum Gasteiger partial charge on any atom is -0.490 e. The zero-order valence-corrected chi connectivity index (χ0v) is 16.8. The van der Waals surface area contributed by atoms with Gasteiger partial charge in [0.1, 0.15) is 24.7 Å². The van der Waals surface area contributed by atoms with E-state index < -0.39 is 0 Å². The molecule has 0 atom stereocenters. The fraction of sp³-hybridized carbons (Fsp3) is 0.333. The maximum Gasteiger partial charge on any atom is 0.257 e. The number of carbonyl (C=O) groups excluding carboxylic acids is 1. The molecule has 1 fully saturated rings. The molecule has 0 unspecified atom stereocenters. The number of ether oxygens (including phenoxy) is 2. The molecule has 0 bridgehead atoms. The molecule has 6 nitrogen and oxygen atoms in total. The van der Waals surface area contributed by atoms with Crippen LogP contribution in [0.3, 0.4) is 0 Å². The number of carbonyl (C=O) groups is 1. The second-order valence-electron chi connectivity index (χ2n) is 6.58. The first-order valence-corrected chi connectivity index (χ1v) is 9.72. The van der Waals surface area contributed by atoms with Crippen molar-refractivity contribution in [3.63, 3.8) is 0 Å². The maximum absolute atomic E-state index is 12.4. The first-order valence-electron chi connectivity index (χ1n) is 9.31. The molecular weight excluding hydrogens is 374 g/mol. The largest absolute Gasteiger partial charge is 0.490 e. The van der Waals surface area contributed by atoms with Gasteiger partial charge in [-0.3, -0.25) is 10.1 Å². The quantitative estimate of drug-likeness (QED) is 0.595. The summed E-state index contributed by atoms with van der Waals surface area (Å²) in [5.41, 5.74) is 0.546. The highest BCUT2D eigenvalue weighted by molar-refractivity contribution is 7.80. The Morgan fingerprint density at radius 3 is 2.11 bits per heavy atom. The number of piperazine rings is 1. The second kappa shape index (κ2) is 10.1. The van der Waals surface area contributed by atoms with Crippen LogP contribution < -0.4 is 14.8 Å². The summed E-state index contributed by atoms with van der Waals surface area (Å²) in [6, 6.07) is 16.6. The van der Waals surface area contributed by atoms with Crippen molar-refractivity contribution in [1.82, 2.24) is 15.1 Å². The van der Waals surface area contributed by atoms with Gasteiger partial charge in [-0.25, -0.2) is 0 Å². The molecule has 28 heavy (non-hydrogen) atoms. The predicted molar refractivity (Wildman–Crippen MR) is 113 cm³/mol. The Morgan fingerprint density at radius 2 is 1.50 bits per heavy atom. The van der Waals surface area contributed by atoms with Gasteiger partial charge < -0.3 is 19.3 Å². The van der Waals surface area contributed by atoms with Crippen molar-refractivity contribution in [1.29, 1.82) is 0 Å². The number of para-hydroxylation sites is 1. The maximum atomic E-state index is 12.4. The molecule has 1 heterocycles. The summed E-state index contributed by atoms with van der Waals surface area (Å²) >= 11 is 5.36. The van der Waals surface area contributed by atoms with Crippen molar-refractivity contribution in [2.24, 2.45) is 0 Å². The Kier molecular flexibility index (Phi) is 7.22. The molecule has 1 aliphatic heterocycles. The average Bonchev–Trinajstić information content (AvgIpc) is 2.73. The van der Waals surface area contributed by atoms with E-state index in [2.05, 4.69) is 17.3 Å². The molecule has 1 aliphatic rings. The van der Waals surface area contributed by atoms with Crippen molar-refractivity contribution in [3.8, 4) is 11.5 Å². The molecule has 1 N–H and O–H groups in total. The van der Waals surface area contributed by atoms with Crippen LogP contribution in [-0.2, 0) is 0 Å². The SMILES string of the molecule is CN1CCN(C(=S)NC(=O)c2ccc(OCCOc3ccccc3)cc2)CC1. The number of thiocarbonyl (C=S) groups is 1. The van der Waals surface area contributed by atoms with Crippen LogP contribution in [0.5, 0.6) is 11.5 Å². The molecule has 0 spiro atoms. The van der Waals surface area contributed by atoms with E-state index in [0.717, 1.165) is 31.9 Å². The van der Waals surface area contributed by atoms with Gasteiger partial charge in [0, 0.05) is 31.7 Å². The standard InChI is InChI=1S/C21H25N3O3S/c1-23-11-13-24(14-12-23)21(28)22-20(25)17-7-9-19(10-8-17)27-16-15-26-18-5-3-2-4-6-18/h2-10H,11-16H2,1H3,(H,22,25,28). The third-order valence-electron chi connectivity index (χ3n) is 4.49. The summed E-state index contributed by atoms with van der Waals surface area (Å²) in [6.07, 6.45) is 0. The van der Waals surface area contributed by atoms with Crippen molar-refractivity contribution in [2.45, 2.75) is 0 Å². The number of hydrogen-bond donors (Lipinski definition) is 1. The lowest BCUT2D eigenvalue weighted by Crippen LogP contribution is -2.51. The van der Waals surface area contributed by atoms with Gasteiger partial charge in [0.05, 0.1) is 0 Å². The van der Waals surface area contributed by atoms with E-state index in [1.165, 1.54) is 0 Å². The summed E-state index contributed by atoms with van der Waals surface area (Å²) in [6.45, 7) is 4.41. The van der Waals surface area contributed by atoms with Gasteiger partial charge >= 0.3 is 0 Å². The zero-order chi connectivity index (χ0) is 19.8. The van der Waals surface area contributed by atoms with Gasteiger partial charge in [-0.1, -0.05) is 18.2 Å². The fourth-order valence-corrected chi connectivity index (χ4v) is 3.07. The van der Waals surface area contributed by atoms with Gasteiger partial charge in [0.25, 0.3) is 5.91 Å². The average molecular weight is 400 g/mol. The summed E-state index contributed by atoms with van der Waals surface area (Å²) in [4.78, 5) is 16.7. The first kappa shape index (κ1) is 20.1. The number of hydrogen-bond acceptors (Lipinski definition) is 5. The monoisotopic (exact) mass is 399 g/mol. The van der Waals surface area contributed by atoms with E-state index in [1.54, 1.807) is 24.3 Å². The molecule has 0 radical (unpaired) electrons. The molecule has 1 amide bonds. The molecule has 7 heteroatoms. The minimum absolute atomic E-state index is 0.206. The third-order valence-corrected chi connectivity index (χ3v) is 4.85. The highest BCUT2D eigenvalue weighted by Gasteiger charge is 2.18. The summed E-state index contributed by atoms with van der Waals surface area (Å²) in [7, 11) is 2.08. The van der Waals surface area contributed by atoms with E-state index in [-0.39, 0.29) is 5.91 Å². The number of amides is 1. The fourth-order valence-electron chi connectivity index (χ4n) is 2.80. The Hall–Kier alpha value is -2.64. The number of benzene rings is 2. The molecule has 1 saturated heterocycles. The van der Waals surface area contributed by atoms with Crippen molar-refractivity contribution >= 4 is 23.2 Å². The van der Waals surface area contributed by atoms with E-state index in [1.807, 2.05) is 35.2 Å². The highest BCUT2D eigenvalue weighted by atomic mass is 32.1. The normalized spacial score (nSPS) is 14.4. The minimum atomic E-state index is -0.206. The van der Waals surface area contributed by atoms with Crippen LogP contribution >= 0.6 is 12.2 Å². The highest BCUT2D eigenvalue weighted by Crippen LogP contribution is 2.13. The first-order chi connectivity index (χ1) is 13.6. The Morgan fingerprint density at radius 1 is 0.929 bits per heavy atom. The smallest absolute Gasteiger partial charge is 0.257 e. The van der Waals surface area contributed by atoms with Crippen LogP contribution in [0.25, 0.3) is 0 Å². The van der Waals surface area contributed by atoms with E-state index in [0.29, 0.717) is 29.6 Å². The lowest BCUT2D eigenvalue weighted by Gasteiger charge is -2.33. The van der Waals surface area contributed by atoms with E-state index in [9.17, 15) is 4.79 Å². The van der Waals surface area contributed by atoms with E-state index in [4.69, 9.17) is 21.7 Å². The van der Waals surface area contributed by atoms with Crippen molar-refractivity contribution < 1.29 is 14.3 Å². The molecule has 148 valence electrons. The van der Waals surface area contributed by atoms with Crippen LogP contribution in [0.2, 0.25) is 0 Å². The van der Waals surface area contributed by atoms with Crippen LogP contribution in [0.15, 0.2) is 54.6 Å². The Balaban J connectivity index is 1.41. The van der Waals surface area contributed by atoms with Crippen LogP contribution in [0.1, 0.15) is 10.4 Å². The molecule has 3 rings (SSSR count). The van der Waals surface area contributed by atoms with Crippen molar-refractivity contribution in [3.05, 3.63) is 60.2 Å². The Labute approximate surface area is 171 Å². The number of nitrogens with zero attached hydrogens (tertiary/aromatic N) is 2. The molecule has 2 aromatic rings. The second-order valence-corrected chi connectivity index (χ2v) is 6.97. The van der Waals surface area contributed by atoms with Gasteiger partial charge in [-0.15, -0.1) is 0 Å².